The molecule has 4 nitrogen and oxygen atoms in total. The van der Waals surface area contributed by atoms with Gasteiger partial charge in [-0.15, -0.1) is 6.58 Å². The van der Waals surface area contributed by atoms with E-state index in [1.165, 1.54) is 11.3 Å². The molecule has 1 aromatic heterocycles. The minimum atomic E-state index is -1.04. The lowest BCUT2D eigenvalue weighted by molar-refractivity contribution is 0.0599. The summed E-state index contributed by atoms with van der Waals surface area (Å²) in [6, 6.07) is 1.53. The van der Waals surface area contributed by atoms with Crippen molar-refractivity contribution in [1.82, 2.24) is 10.6 Å². The Bertz CT molecular complexity index is 347. The summed E-state index contributed by atoms with van der Waals surface area (Å²) in [5.41, 5.74) is -0.229. The van der Waals surface area contributed by atoms with Crippen molar-refractivity contribution in [3.63, 3.8) is 0 Å². The summed E-state index contributed by atoms with van der Waals surface area (Å²) in [4.78, 5) is 11.2. The molecule has 0 saturated heterocycles. The number of thiophene rings is 1. The average molecular weight is 240 g/mol. The van der Waals surface area contributed by atoms with Gasteiger partial charge in [0, 0.05) is 6.54 Å². The molecular formula is C11H16N2O2S. The molecule has 88 valence electrons. The lowest BCUT2D eigenvalue weighted by Crippen LogP contribution is -2.43. The molecule has 1 heterocycles. The van der Waals surface area contributed by atoms with Crippen molar-refractivity contribution in [1.29, 1.82) is 0 Å². The van der Waals surface area contributed by atoms with Gasteiger partial charge in [-0.05, 0) is 29.3 Å². The van der Waals surface area contributed by atoms with Gasteiger partial charge in [-0.1, -0.05) is 6.08 Å². The van der Waals surface area contributed by atoms with Crippen molar-refractivity contribution >= 4 is 17.4 Å². The van der Waals surface area contributed by atoms with E-state index in [0.29, 0.717) is 6.54 Å². The van der Waals surface area contributed by atoms with Crippen molar-refractivity contribution in [2.24, 2.45) is 0 Å². The normalized spacial score (nSPS) is 13.9. The number of hydrogen-bond donors (Lipinski definition) is 3. The Morgan fingerprint density at radius 3 is 3.00 bits per heavy atom. The highest BCUT2D eigenvalue weighted by Crippen LogP contribution is 2.21. The molecule has 0 aliphatic rings. The second kappa shape index (κ2) is 5.67. The highest BCUT2D eigenvalue weighted by atomic mass is 32.1. The van der Waals surface area contributed by atoms with E-state index < -0.39 is 5.60 Å². The maximum absolute atomic E-state index is 11.2. The zero-order valence-electron chi connectivity index (χ0n) is 9.19. The number of nitrogens with one attached hydrogen (secondary N) is 2. The summed E-state index contributed by atoms with van der Waals surface area (Å²) in [5.74, 6) is 0. The molecule has 1 unspecified atom stereocenters. The third kappa shape index (κ3) is 3.67. The molecule has 0 saturated carbocycles. The van der Waals surface area contributed by atoms with Crippen molar-refractivity contribution in [2.45, 2.75) is 12.5 Å². The van der Waals surface area contributed by atoms with Gasteiger partial charge in [0.1, 0.15) is 5.60 Å². The van der Waals surface area contributed by atoms with E-state index in [4.69, 9.17) is 0 Å². The van der Waals surface area contributed by atoms with E-state index in [-0.39, 0.29) is 12.6 Å². The van der Waals surface area contributed by atoms with Crippen molar-refractivity contribution in [2.75, 3.05) is 13.1 Å². The van der Waals surface area contributed by atoms with Gasteiger partial charge in [-0.25, -0.2) is 4.79 Å². The first-order valence-corrected chi connectivity index (χ1v) is 5.88. The van der Waals surface area contributed by atoms with Crippen LogP contribution in [0, 0.1) is 0 Å². The van der Waals surface area contributed by atoms with Crippen molar-refractivity contribution in [3.8, 4) is 0 Å². The molecule has 0 aliphatic heterocycles. The van der Waals surface area contributed by atoms with Crippen molar-refractivity contribution < 1.29 is 9.90 Å². The molecule has 2 amide bonds. The number of rotatable bonds is 5. The second-order valence-electron chi connectivity index (χ2n) is 3.64. The highest BCUT2D eigenvalue weighted by Gasteiger charge is 2.23. The van der Waals surface area contributed by atoms with Gasteiger partial charge in [0.2, 0.25) is 0 Å². The third-order valence-electron chi connectivity index (χ3n) is 2.14. The molecule has 0 fully saturated rings. The first-order valence-electron chi connectivity index (χ1n) is 4.94. The van der Waals surface area contributed by atoms with Gasteiger partial charge in [-0.2, -0.15) is 11.3 Å². The van der Waals surface area contributed by atoms with E-state index in [2.05, 4.69) is 17.2 Å². The van der Waals surface area contributed by atoms with Crippen LogP contribution in [-0.4, -0.2) is 24.2 Å². The Kier molecular flexibility index (Phi) is 4.52. The summed E-state index contributed by atoms with van der Waals surface area (Å²) >= 11 is 1.51. The van der Waals surface area contributed by atoms with Gasteiger partial charge < -0.3 is 15.7 Å². The maximum Gasteiger partial charge on any atom is 0.315 e. The van der Waals surface area contributed by atoms with Crippen LogP contribution in [0.15, 0.2) is 29.5 Å². The van der Waals surface area contributed by atoms with Crippen molar-refractivity contribution in [3.05, 3.63) is 35.0 Å². The largest absolute Gasteiger partial charge is 0.384 e. The van der Waals surface area contributed by atoms with Crippen LogP contribution < -0.4 is 10.6 Å². The fourth-order valence-corrected chi connectivity index (χ4v) is 1.94. The minimum Gasteiger partial charge on any atom is -0.384 e. The molecule has 1 aromatic rings. The van der Waals surface area contributed by atoms with Crippen LogP contribution in [0.4, 0.5) is 4.79 Å². The number of carbonyl (C=O) groups excluding carboxylic acids is 1. The molecule has 0 spiro atoms. The smallest absolute Gasteiger partial charge is 0.315 e. The molecule has 3 N–H and O–H groups in total. The zero-order valence-corrected chi connectivity index (χ0v) is 10.0. The maximum atomic E-state index is 11.2. The predicted octanol–water partition coefficient (Wildman–Crippen LogP) is 1.44. The number of hydrogen-bond acceptors (Lipinski definition) is 3. The fourth-order valence-electron chi connectivity index (χ4n) is 1.15. The number of carbonyl (C=O) groups is 1. The van der Waals surface area contributed by atoms with Crippen LogP contribution >= 0.6 is 11.3 Å². The van der Waals surface area contributed by atoms with Crippen LogP contribution in [0.3, 0.4) is 0 Å². The van der Waals surface area contributed by atoms with Gasteiger partial charge in [-0.3, -0.25) is 0 Å². The Hall–Kier alpha value is -1.33. The van der Waals surface area contributed by atoms with Crippen LogP contribution in [0.25, 0.3) is 0 Å². The molecule has 1 rings (SSSR count). The number of amides is 2. The Morgan fingerprint density at radius 2 is 2.44 bits per heavy atom. The first-order chi connectivity index (χ1) is 7.56. The molecule has 5 heteroatoms. The molecule has 16 heavy (non-hydrogen) atoms. The standard InChI is InChI=1S/C11H16N2O2S/c1-3-5-12-10(14)13-8-11(2,15)9-4-6-16-7-9/h3-4,6-7,15H,1,5,8H2,2H3,(H2,12,13,14). The minimum absolute atomic E-state index is 0.173. The Balaban J connectivity index is 2.42. The number of aliphatic hydroxyl groups is 1. The van der Waals surface area contributed by atoms with E-state index in [1.54, 1.807) is 13.0 Å². The fraction of sp³-hybridized carbons (Fsp3) is 0.364. The topological polar surface area (TPSA) is 61.4 Å². The van der Waals surface area contributed by atoms with E-state index in [9.17, 15) is 9.90 Å². The summed E-state index contributed by atoms with van der Waals surface area (Å²) in [5, 5.41) is 19.0. The first kappa shape index (κ1) is 12.7. The molecule has 0 bridgehead atoms. The Morgan fingerprint density at radius 1 is 1.69 bits per heavy atom. The summed E-state index contributed by atoms with van der Waals surface area (Å²) in [7, 11) is 0. The molecular weight excluding hydrogens is 224 g/mol. The van der Waals surface area contributed by atoms with Crippen LogP contribution in [0.2, 0.25) is 0 Å². The molecule has 0 aliphatic carbocycles. The van der Waals surface area contributed by atoms with Gasteiger partial charge >= 0.3 is 6.03 Å². The number of urea groups is 1. The summed E-state index contributed by atoms with van der Waals surface area (Å²) in [6.45, 7) is 5.74. The van der Waals surface area contributed by atoms with E-state index in [1.807, 2.05) is 16.8 Å². The summed E-state index contributed by atoms with van der Waals surface area (Å²) in [6.07, 6.45) is 1.59. The molecule has 0 radical (unpaired) electrons. The van der Waals surface area contributed by atoms with Crippen LogP contribution in [-0.2, 0) is 5.60 Å². The monoisotopic (exact) mass is 240 g/mol. The third-order valence-corrected chi connectivity index (χ3v) is 2.83. The van der Waals surface area contributed by atoms with E-state index in [0.717, 1.165) is 5.56 Å². The van der Waals surface area contributed by atoms with Gasteiger partial charge in [0.25, 0.3) is 0 Å². The van der Waals surface area contributed by atoms with Gasteiger partial charge in [0.05, 0.1) is 6.54 Å². The predicted molar refractivity (Wildman–Crippen MR) is 65.5 cm³/mol. The van der Waals surface area contributed by atoms with Crippen LogP contribution in [0.5, 0.6) is 0 Å². The van der Waals surface area contributed by atoms with E-state index >= 15 is 0 Å². The molecule has 0 aromatic carbocycles. The molecule has 1 atom stereocenters. The quantitative estimate of drug-likeness (QED) is 0.682. The lowest BCUT2D eigenvalue weighted by atomic mass is 9.99. The summed E-state index contributed by atoms with van der Waals surface area (Å²) < 4.78 is 0. The van der Waals surface area contributed by atoms with Crippen LogP contribution in [0.1, 0.15) is 12.5 Å². The SMILES string of the molecule is C=CCNC(=O)NCC(C)(O)c1ccsc1. The Labute approximate surface area is 99.0 Å². The average Bonchev–Trinajstić information content (AvgIpc) is 2.77. The highest BCUT2D eigenvalue weighted by molar-refractivity contribution is 7.08. The lowest BCUT2D eigenvalue weighted by Gasteiger charge is -2.22. The van der Waals surface area contributed by atoms with Gasteiger partial charge in [0.15, 0.2) is 0 Å². The second-order valence-corrected chi connectivity index (χ2v) is 4.42. The zero-order chi connectivity index (χ0) is 12.0.